The smallest absolute Gasteiger partial charge is 0.307 e. The van der Waals surface area contributed by atoms with Crippen LogP contribution in [0.2, 0.25) is 0 Å². The third kappa shape index (κ3) is 11.6. The highest BCUT2D eigenvalue weighted by atomic mass is 16.5. The molecule has 0 aromatic carbocycles. The molecule has 0 aliphatic heterocycles. The summed E-state index contributed by atoms with van der Waals surface area (Å²) in [5.41, 5.74) is 6.40. The van der Waals surface area contributed by atoms with Crippen LogP contribution in [0.3, 0.4) is 0 Å². The molecule has 0 aromatic rings. The fourth-order valence-corrected chi connectivity index (χ4v) is 4.32. The van der Waals surface area contributed by atoms with Gasteiger partial charge in [0.1, 0.15) is 6.10 Å². The van der Waals surface area contributed by atoms with Gasteiger partial charge in [0.15, 0.2) is 0 Å². The first-order chi connectivity index (χ1) is 17.6. The van der Waals surface area contributed by atoms with Crippen molar-refractivity contribution in [1.29, 1.82) is 0 Å². The summed E-state index contributed by atoms with van der Waals surface area (Å²) < 4.78 is 11.3. The van der Waals surface area contributed by atoms with E-state index in [1.54, 1.807) is 6.08 Å². The van der Waals surface area contributed by atoms with E-state index in [9.17, 15) is 9.59 Å². The molecule has 0 heterocycles. The Kier molecular flexibility index (Phi) is 14.4. The molecule has 6 heteroatoms. The Morgan fingerprint density at radius 1 is 0.974 bits per heavy atom. The summed E-state index contributed by atoms with van der Waals surface area (Å²) in [6.45, 7) is 28.0. The zero-order valence-corrected chi connectivity index (χ0v) is 27.4. The number of hydrogen-bond donors (Lipinski definition) is 1. The van der Waals surface area contributed by atoms with Crippen molar-refractivity contribution >= 4 is 11.9 Å². The van der Waals surface area contributed by atoms with Crippen molar-refractivity contribution in [2.75, 3.05) is 20.6 Å². The average molecular weight is 549 g/mol. The van der Waals surface area contributed by atoms with Gasteiger partial charge in [-0.3, -0.25) is 9.59 Å². The molecule has 0 aliphatic rings. The van der Waals surface area contributed by atoms with Crippen molar-refractivity contribution in [2.24, 2.45) is 33.8 Å². The molecule has 0 aliphatic carbocycles. The second kappa shape index (κ2) is 15.2. The lowest BCUT2D eigenvalue weighted by atomic mass is 9.60. The molecule has 0 aromatic heterocycles. The molecule has 2 N–H and O–H groups in total. The van der Waals surface area contributed by atoms with Crippen molar-refractivity contribution in [3.63, 3.8) is 0 Å². The summed E-state index contributed by atoms with van der Waals surface area (Å²) in [4.78, 5) is 26.4. The van der Waals surface area contributed by atoms with Crippen LogP contribution in [-0.2, 0) is 19.1 Å². The van der Waals surface area contributed by atoms with Crippen molar-refractivity contribution in [1.82, 2.24) is 4.90 Å². The van der Waals surface area contributed by atoms with Crippen LogP contribution in [-0.4, -0.2) is 49.1 Å². The summed E-state index contributed by atoms with van der Waals surface area (Å²) in [6, 6.07) is 0. The predicted molar refractivity (Wildman–Crippen MR) is 164 cm³/mol. The standard InChI is InChI=1S/C33H60N2O4/c1-24(2)31(8,9)25(3)18-15-16-20-30(6,7)32(10,11)29(39-28(37)19-17-22-35(13)14)26(4)33(12,34)21-23-38-27(5)36/h16,20-21,23-24,26,29H,3,15,17-19,22,34H2,1-2,4-14H3/b20-16+,23-21?. The van der Waals surface area contributed by atoms with E-state index in [-0.39, 0.29) is 22.7 Å². The second-order valence-electron chi connectivity index (χ2n) is 13.7. The number of nitrogens with two attached hydrogens (primary N) is 1. The number of ether oxygens (including phenoxy) is 2. The summed E-state index contributed by atoms with van der Waals surface area (Å²) >= 11 is 0. The number of carbonyl (C=O) groups is 2. The van der Waals surface area contributed by atoms with E-state index in [2.05, 4.69) is 79.0 Å². The van der Waals surface area contributed by atoms with E-state index in [0.29, 0.717) is 12.3 Å². The average Bonchev–Trinajstić information content (AvgIpc) is 2.78. The third-order valence-corrected chi connectivity index (χ3v) is 9.21. The molecule has 0 spiro atoms. The van der Waals surface area contributed by atoms with Gasteiger partial charge in [0.05, 0.1) is 6.26 Å². The topological polar surface area (TPSA) is 81.9 Å². The number of hydrogen-bond acceptors (Lipinski definition) is 6. The van der Waals surface area contributed by atoms with Crippen LogP contribution in [0.15, 0.2) is 36.6 Å². The highest BCUT2D eigenvalue weighted by molar-refractivity contribution is 5.69. The van der Waals surface area contributed by atoms with Crippen LogP contribution in [0.5, 0.6) is 0 Å². The summed E-state index contributed by atoms with van der Waals surface area (Å²) in [5.74, 6) is -0.381. The Bertz CT molecular complexity index is 863. The fraction of sp³-hybridized carbons (Fsp3) is 0.758. The number of allylic oxidation sites excluding steroid dienone is 3. The summed E-state index contributed by atoms with van der Waals surface area (Å²) in [7, 11) is 3.98. The maximum atomic E-state index is 13.0. The van der Waals surface area contributed by atoms with Crippen molar-refractivity contribution in [3.05, 3.63) is 36.6 Å². The lowest BCUT2D eigenvalue weighted by molar-refractivity contribution is -0.167. The van der Waals surface area contributed by atoms with Gasteiger partial charge in [0.25, 0.3) is 0 Å². The van der Waals surface area contributed by atoms with Gasteiger partial charge in [-0.1, -0.05) is 86.6 Å². The highest BCUT2D eigenvalue weighted by Gasteiger charge is 2.49. The van der Waals surface area contributed by atoms with Crippen LogP contribution >= 0.6 is 0 Å². The molecular formula is C33H60N2O4. The maximum absolute atomic E-state index is 13.0. The van der Waals surface area contributed by atoms with E-state index in [1.807, 2.05) is 27.9 Å². The molecule has 0 saturated heterocycles. The predicted octanol–water partition coefficient (Wildman–Crippen LogP) is 7.30. The van der Waals surface area contributed by atoms with E-state index in [4.69, 9.17) is 15.2 Å². The van der Waals surface area contributed by atoms with E-state index in [1.165, 1.54) is 18.8 Å². The molecule has 0 fully saturated rings. The number of esters is 2. The van der Waals surface area contributed by atoms with Gasteiger partial charge in [0.2, 0.25) is 0 Å². The van der Waals surface area contributed by atoms with Gasteiger partial charge < -0.3 is 20.1 Å². The lowest BCUT2D eigenvalue weighted by Crippen LogP contribution is -2.55. The maximum Gasteiger partial charge on any atom is 0.307 e. The van der Waals surface area contributed by atoms with Gasteiger partial charge in [-0.25, -0.2) is 0 Å². The van der Waals surface area contributed by atoms with Crippen LogP contribution in [0.25, 0.3) is 0 Å². The lowest BCUT2D eigenvalue weighted by Gasteiger charge is -2.49. The first-order valence-electron chi connectivity index (χ1n) is 14.4. The van der Waals surface area contributed by atoms with Gasteiger partial charge >= 0.3 is 11.9 Å². The summed E-state index contributed by atoms with van der Waals surface area (Å²) in [6.07, 6.45) is 9.88. The Balaban J connectivity index is 6.00. The van der Waals surface area contributed by atoms with Crippen molar-refractivity contribution in [2.45, 2.75) is 113 Å². The second-order valence-corrected chi connectivity index (χ2v) is 13.7. The van der Waals surface area contributed by atoms with E-state index >= 15 is 0 Å². The van der Waals surface area contributed by atoms with Gasteiger partial charge in [-0.05, 0) is 69.7 Å². The van der Waals surface area contributed by atoms with E-state index in [0.717, 1.165) is 25.8 Å². The van der Waals surface area contributed by atoms with Gasteiger partial charge in [-0.2, -0.15) is 0 Å². The first kappa shape index (κ1) is 37.1. The molecule has 0 radical (unpaired) electrons. The minimum absolute atomic E-state index is 0.0924. The Labute approximate surface area is 240 Å². The largest absolute Gasteiger partial charge is 0.461 e. The monoisotopic (exact) mass is 548 g/mol. The number of nitrogens with zero attached hydrogens (tertiary/aromatic N) is 1. The van der Waals surface area contributed by atoms with Crippen molar-refractivity contribution < 1.29 is 19.1 Å². The Morgan fingerprint density at radius 2 is 1.54 bits per heavy atom. The highest BCUT2D eigenvalue weighted by Crippen LogP contribution is 2.48. The quantitative estimate of drug-likeness (QED) is 0.117. The first-order valence-corrected chi connectivity index (χ1v) is 14.4. The van der Waals surface area contributed by atoms with Gasteiger partial charge in [0, 0.05) is 30.2 Å². The Morgan fingerprint density at radius 3 is 2.03 bits per heavy atom. The van der Waals surface area contributed by atoms with E-state index < -0.39 is 23.0 Å². The molecule has 6 nitrogen and oxygen atoms in total. The molecule has 0 bridgehead atoms. The molecule has 0 saturated carbocycles. The molecule has 3 atom stereocenters. The van der Waals surface area contributed by atoms with Crippen LogP contribution in [0.4, 0.5) is 0 Å². The molecule has 0 amide bonds. The minimum atomic E-state index is -0.888. The molecule has 39 heavy (non-hydrogen) atoms. The number of rotatable bonds is 17. The van der Waals surface area contributed by atoms with Crippen molar-refractivity contribution in [3.8, 4) is 0 Å². The zero-order chi connectivity index (χ0) is 30.8. The van der Waals surface area contributed by atoms with Crippen LogP contribution in [0.1, 0.15) is 102 Å². The summed E-state index contributed by atoms with van der Waals surface area (Å²) in [5, 5.41) is 0. The molecule has 3 unspecified atom stereocenters. The minimum Gasteiger partial charge on any atom is -0.461 e. The normalized spacial score (nSPS) is 16.5. The van der Waals surface area contributed by atoms with Crippen LogP contribution < -0.4 is 5.73 Å². The number of carbonyl (C=O) groups excluding carboxylic acids is 2. The molecular weight excluding hydrogens is 488 g/mol. The SMILES string of the molecule is C=C(CC/C=C/C(C)(C)C(C)(C)C(OC(=O)CCCN(C)C)C(C)C(C)(N)C=COC(C)=O)C(C)(C)C(C)C. The molecule has 0 rings (SSSR count). The Hall–Kier alpha value is -1.92. The van der Waals surface area contributed by atoms with Gasteiger partial charge in [-0.15, -0.1) is 0 Å². The third-order valence-electron chi connectivity index (χ3n) is 9.21. The molecule has 226 valence electrons. The zero-order valence-electron chi connectivity index (χ0n) is 27.4. The van der Waals surface area contributed by atoms with Crippen LogP contribution in [0, 0.1) is 28.1 Å². The fourth-order valence-electron chi connectivity index (χ4n) is 4.32.